The van der Waals surface area contributed by atoms with Gasteiger partial charge >= 0.3 is 6.03 Å². The zero-order chi connectivity index (χ0) is 19.1. The van der Waals surface area contributed by atoms with E-state index in [1.54, 1.807) is 23.7 Å². The first-order valence-electron chi connectivity index (χ1n) is 8.07. The molecule has 0 saturated carbocycles. The van der Waals surface area contributed by atoms with E-state index in [2.05, 4.69) is 21.2 Å². The van der Waals surface area contributed by atoms with Crippen LogP contribution in [0.15, 0.2) is 57.9 Å². The first-order chi connectivity index (χ1) is 12.4. The predicted octanol–water partition coefficient (Wildman–Crippen LogP) is 3.93. The van der Waals surface area contributed by atoms with E-state index < -0.39 is 12.1 Å². The zero-order valence-corrected chi connectivity index (χ0v) is 17.1. The summed E-state index contributed by atoms with van der Waals surface area (Å²) < 4.78 is 0.876. The van der Waals surface area contributed by atoms with Gasteiger partial charge in [-0.15, -0.1) is 11.8 Å². The number of amides is 3. The average molecular weight is 436 g/mol. The molecule has 2 rings (SSSR count). The third-order valence-electron chi connectivity index (χ3n) is 3.95. The van der Waals surface area contributed by atoms with Gasteiger partial charge in [0.1, 0.15) is 0 Å². The Labute approximate surface area is 166 Å². The van der Waals surface area contributed by atoms with Crippen LogP contribution in [0.1, 0.15) is 23.6 Å². The van der Waals surface area contributed by atoms with E-state index in [1.807, 2.05) is 54.8 Å². The van der Waals surface area contributed by atoms with E-state index >= 15 is 0 Å². The number of halogens is 1. The first-order valence-corrected chi connectivity index (χ1v) is 10.1. The maximum atomic E-state index is 12.6. The minimum absolute atomic E-state index is 0.0716. The van der Waals surface area contributed by atoms with Crippen molar-refractivity contribution in [3.63, 3.8) is 0 Å². The van der Waals surface area contributed by atoms with E-state index in [4.69, 9.17) is 5.73 Å². The lowest BCUT2D eigenvalue weighted by Gasteiger charge is -2.22. The molecule has 0 bridgehead atoms. The molecular formula is C19H22BrN3O2S. The summed E-state index contributed by atoms with van der Waals surface area (Å²) in [7, 11) is 1.76. The Morgan fingerprint density at radius 2 is 1.92 bits per heavy atom. The molecule has 2 aromatic carbocycles. The number of thioether (sulfide) groups is 1. The Kier molecular flexibility index (Phi) is 7.53. The maximum absolute atomic E-state index is 12.6. The van der Waals surface area contributed by atoms with E-state index in [0.29, 0.717) is 6.54 Å². The van der Waals surface area contributed by atoms with Crippen molar-refractivity contribution in [2.24, 2.45) is 5.73 Å². The highest BCUT2D eigenvalue weighted by Gasteiger charge is 2.20. The van der Waals surface area contributed by atoms with Crippen molar-refractivity contribution in [1.82, 2.24) is 10.2 Å². The molecule has 1 unspecified atom stereocenters. The lowest BCUT2D eigenvalue weighted by Crippen LogP contribution is -2.37. The summed E-state index contributed by atoms with van der Waals surface area (Å²) in [6, 6.07) is 14.5. The number of hydrogen-bond acceptors (Lipinski definition) is 3. The molecule has 5 nitrogen and oxygen atoms in total. The fourth-order valence-corrected chi connectivity index (χ4v) is 3.40. The molecule has 0 aliphatic heterocycles. The van der Waals surface area contributed by atoms with E-state index in [1.165, 1.54) is 4.90 Å². The second-order valence-corrected chi connectivity index (χ2v) is 7.71. The molecule has 2 aromatic rings. The molecule has 138 valence electrons. The van der Waals surface area contributed by atoms with E-state index in [0.717, 1.165) is 15.6 Å². The SMILES string of the molecule is CSc1ccc(CN(C)C(=O)CC(NC(N)=O)c2cccc(Br)c2)cc1. The molecule has 0 radical (unpaired) electrons. The highest BCUT2D eigenvalue weighted by atomic mass is 79.9. The van der Waals surface area contributed by atoms with Gasteiger partial charge in [0, 0.05) is 23.0 Å². The van der Waals surface area contributed by atoms with Crippen LogP contribution in [0.2, 0.25) is 0 Å². The Morgan fingerprint density at radius 3 is 2.50 bits per heavy atom. The van der Waals surface area contributed by atoms with Crippen molar-refractivity contribution in [3.8, 4) is 0 Å². The molecule has 0 fully saturated rings. The highest BCUT2D eigenvalue weighted by Crippen LogP contribution is 2.22. The van der Waals surface area contributed by atoms with E-state index in [-0.39, 0.29) is 12.3 Å². The van der Waals surface area contributed by atoms with Gasteiger partial charge in [0.2, 0.25) is 5.91 Å². The summed E-state index contributed by atoms with van der Waals surface area (Å²) in [6.45, 7) is 0.509. The molecular weight excluding hydrogens is 414 g/mol. The van der Waals surface area contributed by atoms with Crippen molar-refractivity contribution >= 4 is 39.6 Å². The number of rotatable bonds is 7. The van der Waals surface area contributed by atoms with Crippen molar-refractivity contribution in [3.05, 3.63) is 64.1 Å². The zero-order valence-electron chi connectivity index (χ0n) is 14.7. The van der Waals surface area contributed by atoms with Crippen LogP contribution in [0.3, 0.4) is 0 Å². The van der Waals surface area contributed by atoms with Gasteiger partial charge in [-0.05, 0) is 41.6 Å². The smallest absolute Gasteiger partial charge is 0.312 e. The summed E-state index contributed by atoms with van der Waals surface area (Å²) in [6.07, 6.45) is 2.16. The molecule has 0 heterocycles. The minimum atomic E-state index is -0.655. The number of urea groups is 1. The second kappa shape index (κ2) is 9.64. The lowest BCUT2D eigenvalue weighted by atomic mass is 10.0. The van der Waals surface area contributed by atoms with Crippen molar-refractivity contribution in [2.45, 2.75) is 23.9 Å². The summed E-state index contributed by atoms with van der Waals surface area (Å²) in [5, 5.41) is 2.66. The summed E-state index contributed by atoms with van der Waals surface area (Å²) in [4.78, 5) is 26.8. The van der Waals surface area contributed by atoms with Crippen molar-refractivity contribution in [1.29, 1.82) is 0 Å². The molecule has 3 amide bonds. The van der Waals surface area contributed by atoms with Crippen LogP contribution in [0.4, 0.5) is 4.79 Å². The van der Waals surface area contributed by atoms with Crippen LogP contribution in [0, 0.1) is 0 Å². The van der Waals surface area contributed by atoms with Crippen molar-refractivity contribution < 1.29 is 9.59 Å². The monoisotopic (exact) mass is 435 g/mol. The molecule has 0 aliphatic rings. The third-order valence-corrected chi connectivity index (χ3v) is 5.19. The quantitative estimate of drug-likeness (QED) is 0.646. The van der Waals surface area contributed by atoms with Gasteiger partial charge in [-0.2, -0.15) is 0 Å². The predicted molar refractivity (Wildman–Crippen MR) is 109 cm³/mol. The average Bonchev–Trinajstić information content (AvgIpc) is 2.61. The Morgan fingerprint density at radius 1 is 1.23 bits per heavy atom. The van der Waals surface area contributed by atoms with Gasteiger partial charge in [0.05, 0.1) is 12.5 Å². The number of benzene rings is 2. The van der Waals surface area contributed by atoms with Crippen molar-refractivity contribution in [2.75, 3.05) is 13.3 Å². The largest absolute Gasteiger partial charge is 0.352 e. The molecule has 7 heteroatoms. The van der Waals surface area contributed by atoms with Crippen LogP contribution in [-0.4, -0.2) is 30.1 Å². The minimum Gasteiger partial charge on any atom is -0.352 e. The summed E-state index contributed by atoms with van der Waals surface area (Å²) >= 11 is 5.09. The molecule has 26 heavy (non-hydrogen) atoms. The van der Waals surface area contributed by atoms with Crippen LogP contribution >= 0.6 is 27.7 Å². The van der Waals surface area contributed by atoms with Gasteiger partial charge in [0.25, 0.3) is 0 Å². The van der Waals surface area contributed by atoms with E-state index in [9.17, 15) is 9.59 Å². The van der Waals surface area contributed by atoms with Gasteiger partial charge < -0.3 is 16.0 Å². The number of nitrogens with two attached hydrogens (primary N) is 1. The molecule has 0 aliphatic carbocycles. The Hall–Kier alpha value is -1.99. The number of hydrogen-bond donors (Lipinski definition) is 2. The van der Waals surface area contributed by atoms with Gasteiger partial charge in [-0.25, -0.2) is 4.79 Å². The molecule has 0 aromatic heterocycles. The number of nitrogens with zero attached hydrogens (tertiary/aromatic N) is 1. The summed E-state index contributed by atoms with van der Waals surface area (Å²) in [5.74, 6) is -0.0716. The van der Waals surface area contributed by atoms with Crippen LogP contribution in [0.25, 0.3) is 0 Å². The molecule has 0 saturated heterocycles. The third kappa shape index (κ3) is 6.07. The first kappa shape index (κ1) is 20.3. The second-order valence-electron chi connectivity index (χ2n) is 5.92. The van der Waals surface area contributed by atoms with Crippen LogP contribution in [0.5, 0.6) is 0 Å². The van der Waals surface area contributed by atoms with Gasteiger partial charge in [-0.3, -0.25) is 4.79 Å². The molecule has 0 spiro atoms. The fourth-order valence-electron chi connectivity index (χ4n) is 2.57. The van der Waals surface area contributed by atoms with Gasteiger partial charge in [0.15, 0.2) is 0 Å². The standard InChI is InChI=1S/C19H22BrN3O2S/c1-23(12-13-6-8-16(26-2)9-7-13)18(24)11-17(22-19(21)25)14-4-3-5-15(20)10-14/h3-10,17H,11-12H2,1-2H3,(H3,21,22,25). The molecule has 1 atom stereocenters. The number of carbonyl (C=O) groups excluding carboxylic acids is 2. The van der Waals surface area contributed by atoms with Crippen LogP contribution in [-0.2, 0) is 11.3 Å². The number of nitrogens with one attached hydrogen (secondary N) is 1. The Balaban J connectivity index is 2.06. The topological polar surface area (TPSA) is 75.4 Å². The lowest BCUT2D eigenvalue weighted by molar-refractivity contribution is -0.130. The van der Waals surface area contributed by atoms with Gasteiger partial charge in [-0.1, -0.05) is 40.2 Å². The normalized spacial score (nSPS) is 11.7. The highest BCUT2D eigenvalue weighted by molar-refractivity contribution is 9.10. The van der Waals surface area contributed by atoms with Crippen LogP contribution < -0.4 is 11.1 Å². The molecule has 3 N–H and O–H groups in total. The maximum Gasteiger partial charge on any atom is 0.312 e. The summed E-state index contributed by atoms with van der Waals surface area (Å²) in [5.41, 5.74) is 7.16. The number of primary amides is 1. The number of carbonyl (C=O) groups is 2. The fraction of sp³-hybridized carbons (Fsp3) is 0.263. The Bertz CT molecular complexity index is 768.